The van der Waals surface area contributed by atoms with E-state index >= 15 is 0 Å². The van der Waals surface area contributed by atoms with Gasteiger partial charge in [0.25, 0.3) is 0 Å². The van der Waals surface area contributed by atoms with Gasteiger partial charge in [-0.3, -0.25) is 4.79 Å². The Morgan fingerprint density at radius 2 is 2.19 bits per heavy atom. The highest BCUT2D eigenvalue weighted by Crippen LogP contribution is 2.22. The third kappa shape index (κ3) is 3.39. The number of nitrogens with zero attached hydrogens (tertiary/aromatic N) is 2. The number of likely N-dealkylation sites (tertiary alicyclic amines) is 1. The summed E-state index contributed by atoms with van der Waals surface area (Å²) in [6.07, 6.45) is 3.70. The van der Waals surface area contributed by atoms with E-state index in [4.69, 9.17) is 17.3 Å². The molecular formula is C16H20ClN3O. The first kappa shape index (κ1) is 14.4. The Kier molecular flexibility index (Phi) is 4.17. The van der Waals surface area contributed by atoms with Crippen LogP contribution >= 0.6 is 11.6 Å². The van der Waals surface area contributed by atoms with Crippen LogP contribution in [0.1, 0.15) is 12.8 Å². The average Bonchev–Trinajstić information content (AvgIpc) is 3.02. The molecular weight excluding hydrogens is 286 g/mol. The van der Waals surface area contributed by atoms with Gasteiger partial charge >= 0.3 is 0 Å². The maximum absolute atomic E-state index is 11.0. The lowest BCUT2D eigenvalue weighted by Crippen LogP contribution is -2.26. The lowest BCUT2D eigenvalue weighted by atomic mass is 10.1. The number of rotatable bonds is 5. The molecule has 2 heterocycles. The summed E-state index contributed by atoms with van der Waals surface area (Å²) in [7, 11) is 0. The molecule has 0 aliphatic carbocycles. The van der Waals surface area contributed by atoms with Gasteiger partial charge in [0.05, 0.1) is 0 Å². The normalized spacial score (nSPS) is 19.4. The van der Waals surface area contributed by atoms with E-state index in [9.17, 15) is 4.79 Å². The quantitative estimate of drug-likeness (QED) is 0.922. The number of fused-ring (bicyclic) bond motifs is 1. The van der Waals surface area contributed by atoms with Gasteiger partial charge in [-0.05, 0) is 43.1 Å². The molecule has 1 fully saturated rings. The van der Waals surface area contributed by atoms with E-state index in [0.29, 0.717) is 12.3 Å². The number of carbonyl (C=O) groups excluding carboxylic acids is 1. The molecule has 3 rings (SSSR count). The van der Waals surface area contributed by atoms with E-state index in [0.717, 1.165) is 37.6 Å². The summed E-state index contributed by atoms with van der Waals surface area (Å²) in [5.41, 5.74) is 6.49. The van der Waals surface area contributed by atoms with Crippen LogP contribution in [0.3, 0.4) is 0 Å². The number of hydrogen-bond acceptors (Lipinski definition) is 2. The fourth-order valence-electron chi connectivity index (χ4n) is 3.18. The Balaban J connectivity index is 1.59. The number of nitrogens with two attached hydrogens (primary N) is 1. The Hall–Kier alpha value is -1.52. The molecule has 1 aromatic heterocycles. The summed E-state index contributed by atoms with van der Waals surface area (Å²) in [5, 5.41) is 1.95. The van der Waals surface area contributed by atoms with Crippen LogP contribution in [0.15, 0.2) is 30.5 Å². The number of primary amides is 1. The Morgan fingerprint density at radius 3 is 3.00 bits per heavy atom. The molecule has 0 saturated carbocycles. The second-order valence-corrected chi connectivity index (χ2v) is 6.27. The summed E-state index contributed by atoms with van der Waals surface area (Å²) in [4.78, 5) is 13.4. The van der Waals surface area contributed by atoms with Crippen LogP contribution < -0.4 is 5.73 Å². The third-order valence-corrected chi connectivity index (χ3v) is 4.49. The van der Waals surface area contributed by atoms with Crippen molar-refractivity contribution >= 4 is 28.4 Å². The SMILES string of the molecule is NC(=O)CC1CCN(CCn2ccc3cc(Cl)ccc32)C1. The third-order valence-electron chi connectivity index (χ3n) is 4.25. The lowest BCUT2D eigenvalue weighted by Gasteiger charge is -2.16. The van der Waals surface area contributed by atoms with Crippen molar-refractivity contribution in [2.75, 3.05) is 19.6 Å². The molecule has 0 radical (unpaired) electrons. The van der Waals surface area contributed by atoms with Crippen LogP contribution in [0.25, 0.3) is 10.9 Å². The molecule has 1 saturated heterocycles. The van der Waals surface area contributed by atoms with Crippen LogP contribution in [-0.2, 0) is 11.3 Å². The van der Waals surface area contributed by atoms with Crippen molar-refractivity contribution in [2.45, 2.75) is 19.4 Å². The number of halogens is 1. The first-order valence-electron chi connectivity index (χ1n) is 7.37. The van der Waals surface area contributed by atoms with Gasteiger partial charge in [-0.25, -0.2) is 0 Å². The van der Waals surface area contributed by atoms with Crippen molar-refractivity contribution in [3.05, 3.63) is 35.5 Å². The number of carbonyl (C=O) groups is 1. The molecule has 2 aromatic rings. The number of amides is 1. The Labute approximate surface area is 129 Å². The minimum atomic E-state index is -0.185. The summed E-state index contributed by atoms with van der Waals surface area (Å²) < 4.78 is 2.26. The minimum absolute atomic E-state index is 0.185. The maximum atomic E-state index is 11.0. The fraction of sp³-hybridized carbons (Fsp3) is 0.438. The van der Waals surface area contributed by atoms with Gasteiger partial charge in [0.1, 0.15) is 0 Å². The van der Waals surface area contributed by atoms with E-state index in [1.54, 1.807) is 0 Å². The van der Waals surface area contributed by atoms with Gasteiger partial charge in [-0.1, -0.05) is 11.6 Å². The van der Waals surface area contributed by atoms with Gasteiger partial charge in [0.15, 0.2) is 0 Å². The molecule has 5 heteroatoms. The summed E-state index contributed by atoms with van der Waals surface area (Å²) >= 11 is 6.01. The van der Waals surface area contributed by atoms with Crippen LogP contribution in [0.5, 0.6) is 0 Å². The largest absolute Gasteiger partial charge is 0.370 e. The molecule has 1 unspecified atom stereocenters. The zero-order valence-corrected chi connectivity index (χ0v) is 12.7. The zero-order chi connectivity index (χ0) is 14.8. The molecule has 1 atom stereocenters. The summed E-state index contributed by atoms with van der Waals surface area (Å²) in [5.74, 6) is 0.248. The van der Waals surface area contributed by atoms with E-state index in [-0.39, 0.29) is 5.91 Å². The van der Waals surface area contributed by atoms with Crippen molar-refractivity contribution in [1.29, 1.82) is 0 Å². The number of hydrogen-bond donors (Lipinski definition) is 1. The average molecular weight is 306 g/mol. The smallest absolute Gasteiger partial charge is 0.217 e. The Bertz CT molecular complexity index is 652. The van der Waals surface area contributed by atoms with Gasteiger partial charge < -0.3 is 15.2 Å². The highest BCUT2D eigenvalue weighted by atomic mass is 35.5. The standard InChI is InChI=1S/C16H20ClN3O/c17-14-1-2-15-13(10-14)4-6-20(15)8-7-19-5-3-12(11-19)9-16(18)21/h1-2,4,6,10,12H,3,5,7-9,11H2,(H2,18,21). The van der Waals surface area contributed by atoms with Crippen molar-refractivity contribution in [1.82, 2.24) is 9.47 Å². The van der Waals surface area contributed by atoms with E-state index in [1.807, 2.05) is 12.1 Å². The molecule has 1 aliphatic rings. The van der Waals surface area contributed by atoms with Crippen molar-refractivity contribution < 1.29 is 4.79 Å². The predicted octanol–water partition coefficient (Wildman–Crippen LogP) is 2.49. The van der Waals surface area contributed by atoms with Gasteiger partial charge in [0.2, 0.25) is 5.91 Å². The first-order valence-corrected chi connectivity index (χ1v) is 7.74. The molecule has 1 aromatic carbocycles. The predicted molar refractivity (Wildman–Crippen MR) is 85.3 cm³/mol. The lowest BCUT2D eigenvalue weighted by molar-refractivity contribution is -0.118. The molecule has 1 amide bonds. The summed E-state index contributed by atoms with van der Waals surface area (Å²) in [6.45, 7) is 3.99. The highest BCUT2D eigenvalue weighted by molar-refractivity contribution is 6.31. The van der Waals surface area contributed by atoms with Crippen LogP contribution in [0, 0.1) is 5.92 Å². The molecule has 0 spiro atoms. The van der Waals surface area contributed by atoms with E-state index in [1.165, 1.54) is 10.9 Å². The number of benzene rings is 1. The van der Waals surface area contributed by atoms with Crippen molar-refractivity contribution in [3.8, 4) is 0 Å². The van der Waals surface area contributed by atoms with Gasteiger partial charge in [-0.15, -0.1) is 0 Å². The molecule has 4 nitrogen and oxygen atoms in total. The number of aromatic nitrogens is 1. The highest BCUT2D eigenvalue weighted by Gasteiger charge is 2.23. The summed E-state index contributed by atoms with van der Waals surface area (Å²) in [6, 6.07) is 8.09. The van der Waals surface area contributed by atoms with Crippen molar-refractivity contribution in [3.63, 3.8) is 0 Å². The molecule has 2 N–H and O–H groups in total. The maximum Gasteiger partial charge on any atom is 0.217 e. The van der Waals surface area contributed by atoms with E-state index in [2.05, 4.69) is 27.8 Å². The molecule has 1 aliphatic heterocycles. The minimum Gasteiger partial charge on any atom is -0.370 e. The van der Waals surface area contributed by atoms with Crippen LogP contribution in [0.2, 0.25) is 5.02 Å². The fourth-order valence-corrected chi connectivity index (χ4v) is 3.36. The molecule has 0 bridgehead atoms. The van der Waals surface area contributed by atoms with Crippen LogP contribution in [-0.4, -0.2) is 35.0 Å². The van der Waals surface area contributed by atoms with Gasteiger partial charge in [0, 0.05) is 48.2 Å². The zero-order valence-electron chi connectivity index (χ0n) is 12.0. The monoisotopic (exact) mass is 305 g/mol. The second kappa shape index (κ2) is 6.08. The first-order chi connectivity index (χ1) is 10.1. The molecule has 21 heavy (non-hydrogen) atoms. The van der Waals surface area contributed by atoms with E-state index < -0.39 is 0 Å². The second-order valence-electron chi connectivity index (χ2n) is 5.84. The molecule has 112 valence electrons. The Morgan fingerprint density at radius 1 is 1.33 bits per heavy atom. The topological polar surface area (TPSA) is 51.3 Å². The van der Waals surface area contributed by atoms with Crippen molar-refractivity contribution in [2.24, 2.45) is 11.7 Å². The van der Waals surface area contributed by atoms with Crippen LogP contribution in [0.4, 0.5) is 0 Å². The van der Waals surface area contributed by atoms with Gasteiger partial charge in [-0.2, -0.15) is 0 Å².